The van der Waals surface area contributed by atoms with Gasteiger partial charge in [0.2, 0.25) is 0 Å². The highest BCUT2D eigenvalue weighted by molar-refractivity contribution is 5.73. The summed E-state index contributed by atoms with van der Waals surface area (Å²) >= 11 is 0. The molecule has 106 valence electrons. The van der Waals surface area contributed by atoms with Crippen molar-refractivity contribution in [1.82, 2.24) is 20.3 Å². The van der Waals surface area contributed by atoms with E-state index in [9.17, 15) is 4.39 Å². The zero-order valence-corrected chi connectivity index (χ0v) is 11.6. The number of benzene rings is 1. The second-order valence-electron chi connectivity index (χ2n) is 4.67. The molecule has 0 aliphatic heterocycles. The molecule has 1 N–H and O–H groups in total. The Morgan fingerprint density at radius 1 is 1.14 bits per heavy atom. The summed E-state index contributed by atoms with van der Waals surface area (Å²) in [7, 11) is 0. The summed E-state index contributed by atoms with van der Waals surface area (Å²) in [5.41, 5.74) is 2.84. The van der Waals surface area contributed by atoms with Crippen LogP contribution in [0.2, 0.25) is 0 Å². The van der Waals surface area contributed by atoms with Gasteiger partial charge in [0.15, 0.2) is 0 Å². The lowest BCUT2D eigenvalue weighted by Gasteiger charge is -2.18. The molecule has 1 atom stereocenters. The molecule has 5 heteroatoms. The summed E-state index contributed by atoms with van der Waals surface area (Å²) in [4.78, 5) is 12.8. The predicted octanol–water partition coefficient (Wildman–Crippen LogP) is 2.86. The number of nitrogens with one attached hydrogen (secondary N) is 1. The van der Waals surface area contributed by atoms with E-state index in [2.05, 4.69) is 20.3 Å². The molecule has 2 aromatic heterocycles. The molecular formula is C16H15FN4. The van der Waals surface area contributed by atoms with Crippen LogP contribution in [0.3, 0.4) is 0 Å². The van der Waals surface area contributed by atoms with Gasteiger partial charge in [0, 0.05) is 11.8 Å². The third-order valence-electron chi connectivity index (χ3n) is 3.29. The molecule has 1 unspecified atom stereocenters. The summed E-state index contributed by atoms with van der Waals surface area (Å²) in [6.45, 7) is 2.67. The lowest BCUT2D eigenvalue weighted by Crippen LogP contribution is -2.24. The number of hydrogen-bond acceptors (Lipinski definition) is 4. The van der Waals surface area contributed by atoms with Crippen LogP contribution in [-0.4, -0.2) is 21.5 Å². The van der Waals surface area contributed by atoms with Crippen molar-refractivity contribution in [3.05, 3.63) is 66.0 Å². The highest BCUT2D eigenvalue weighted by Gasteiger charge is 2.19. The van der Waals surface area contributed by atoms with Crippen molar-refractivity contribution in [2.24, 2.45) is 0 Å². The molecule has 0 fully saturated rings. The Hall–Kier alpha value is -2.40. The molecular weight excluding hydrogens is 267 g/mol. The Bertz CT molecular complexity index is 760. The average Bonchev–Trinajstić information content (AvgIpc) is 2.53. The summed E-state index contributed by atoms with van der Waals surface area (Å²) in [5, 5.41) is 3.25. The van der Waals surface area contributed by atoms with Crippen molar-refractivity contribution in [3.63, 3.8) is 0 Å². The average molecular weight is 282 g/mol. The Labute approximate surface area is 122 Å². The number of rotatable bonds is 4. The van der Waals surface area contributed by atoms with E-state index >= 15 is 0 Å². The fraction of sp³-hybridized carbons (Fsp3) is 0.188. The monoisotopic (exact) mass is 282 g/mol. The van der Waals surface area contributed by atoms with E-state index in [0.29, 0.717) is 17.8 Å². The lowest BCUT2D eigenvalue weighted by molar-refractivity contribution is 0.548. The highest BCUT2D eigenvalue weighted by Crippen LogP contribution is 2.23. The maximum atomic E-state index is 14.0. The first-order valence-corrected chi connectivity index (χ1v) is 6.84. The quantitative estimate of drug-likeness (QED) is 0.799. The number of aromatic nitrogens is 3. The molecule has 1 aromatic carbocycles. The van der Waals surface area contributed by atoms with Gasteiger partial charge in [-0.05, 0) is 24.7 Å². The van der Waals surface area contributed by atoms with Gasteiger partial charge in [0.1, 0.15) is 5.82 Å². The van der Waals surface area contributed by atoms with Gasteiger partial charge in [-0.25, -0.2) is 9.37 Å². The van der Waals surface area contributed by atoms with Gasteiger partial charge in [-0.1, -0.05) is 19.1 Å². The minimum Gasteiger partial charge on any atom is -0.305 e. The zero-order chi connectivity index (χ0) is 14.7. The fourth-order valence-electron chi connectivity index (χ4n) is 2.31. The lowest BCUT2D eigenvalue weighted by atomic mass is 10.0. The van der Waals surface area contributed by atoms with E-state index in [1.54, 1.807) is 18.5 Å². The second kappa shape index (κ2) is 5.93. The van der Waals surface area contributed by atoms with Gasteiger partial charge < -0.3 is 5.32 Å². The molecule has 2 heterocycles. The van der Waals surface area contributed by atoms with Crippen LogP contribution in [0, 0.1) is 5.82 Å². The van der Waals surface area contributed by atoms with E-state index < -0.39 is 0 Å². The Balaban J connectivity index is 2.09. The van der Waals surface area contributed by atoms with Gasteiger partial charge in [-0.15, -0.1) is 0 Å². The fourth-order valence-corrected chi connectivity index (χ4v) is 2.31. The number of para-hydroxylation sites is 2. The van der Waals surface area contributed by atoms with Crippen LogP contribution in [0.15, 0.2) is 48.9 Å². The Morgan fingerprint density at radius 3 is 2.71 bits per heavy atom. The second-order valence-corrected chi connectivity index (χ2v) is 4.67. The van der Waals surface area contributed by atoms with Crippen molar-refractivity contribution in [3.8, 4) is 0 Å². The topological polar surface area (TPSA) is 50.7 Å². The van der Waals surface area contributed by atoms with E-state index in [0.717, 1.165) is 11.0 Å². The number of fused-ring (bicyclic) bond motifs is 1. The smallest absolute Gasteiger partial charge is 0.146 e. The van der Waals surface area contributed by atoms with Crippen LogP contribution in [0.25, 0.3) is 11.0 Å². The summed E-state index contributed by atoms with van der Waals surface area (Å²) in [6, 6.07) is 8.96. The first-order chi connectivity index (χ1) is 10.3. The third-order valence-corrected chi connectivity index (χ3v) is 3.29. The maximum absolute atomic E-state index is 14.0. The van der Waals surface area contributed by atoms with Crippen molar-refractivity contribution < 1.29 is 4.39 Å². The standard InChI is InChI=1S/C16H15FN4/c1-2-19-16(11-7-8-18-9-12(11)17)15-10-20-13-5-3-4-6-14(13)21-15/h3-10,16,19H,2H2,1H3. The summed E-state index contributed by atoms with van der Waals surface area (Å²) in [6.07, 6.45) is 4.49. The first-order valence-electron chi connectivity index (χ1n) is 6.84. The van der Waals surface area contributed by atoms with Gasteiger partial charge in [-0.3, -0.25) is 9.97 Å². The molecule has 0 spiro atoms. The molecule has 4 nitrogen and oxygen atoms in total. The Kier molecular flexibility index (Phi) is 3.83. The summed E-state index contributed by atoms with van der Waals surface area (Å²) < 4.78 is 14.0. The van der Waals surface area contributed by atoms with Crippen LogP contribution >= 0.6 is 0 Å². The minimum atomic E-state index is -0.349. The molecule has 0 bridgehead atoms. The molecule has 0 saturated carbocycles. The molecule has 0 aliphatic rings. The normalized spacial score (nSPS) is 12.5. The van der Waals surface area contributed by atoms with Gasteiger partial charge in [0.05, 0.1) is 35.2 Å². The number of pyridine rings is 1. The van der Waals surface area contributed by atoms with E-state index in [1.807, 2.05) is 31.2 Å². The van der Waals surface area contributed by atoms with E-state index in [4.69, 9.17) is 0 Å². The van der Waals surface area contributed by atoms with Gasteiger partial charge >= 0.3 is 0 Å². The van der Waals surface area contributed by atoms with Gasteiger partial charge in [0.25, 0.3) is 0 Å². The van der Waals surface area contributed by atoms with Crippen LogP contribution in [0.4, 0.5) is 4.39 Å². The molecule has 3 rings (SSSR count). The van der Waals surface area contributed by atoms with E-state index in [-0.39, 0.29) is 11.9 Å². The van der Waals surface area contributed by atoms with Crippen molar-refractivity contribution in [2.45, 2.75) is 13.0 Å². The Morgan fingerprint density at radius 2 is 1.95 bits per heavy atom. The zero-order valence-electron chi connectivity index (χ0n) is 11.6. The first kappa shape index (κ1) is 13.6. The largest absolute Gasteiger partial charge is 0.305 e. The predicted molar refractivity (Wildman–Crippen MR) is 79.3 cm³/mol. The summed E-state index contributed by atoms with van der Waals surface area (Å²) in [5.74, 6) is -0.349. The minimum absolute atomic E-state index is 0.338. The molecule has 0 radical (unpaired) electrons. The van der Waals surface area contributed by atoms with Crippen LogP contribution in [-0.2, 0) is 0 Å². The molecule has 0 amide bonds. The number of nitrogens with zero attached hydrogens (tertiary/aromatic N) is 3. The van der Waals surface area contributed by atoms with Crippen molar-refractivity contribution >= 4 is 11.0 Å². The van der Waals surface area contributed by atoms with Crippen molar-refractivity contribution in [1.29, 1.82) is 0 Å². The highest BCUT2D eigenvalue weighted by atomic mass is 19.1. The van der Waals surface area contributed by atoms with Crippen LogP contribution in [0.1, 0.15) is 24.2 Å². The molecule has 0 aliphatic carbocycles. The van der Waals surface area contributed by atoms with Gasteiger partial charge in [-0.2, -0.15) is 0 Å². The molecule has 0 saturated heterocycles. The number of halogens is 1. The third kappa shape index (κ3) is 2.73. The van der Waals surface area contributed by atoms with Crippen molar-refractivity contribution in [2.75, 3.05) is 6.54 Å². The van der Waals surface area contributed by atoms with E-state index in [1.165, 1.54) is 6.20 Å². The van der Waals surface area contributed by atoms with Crippen LogP contribution < -0.4 is 5.32 Å². The molecule has 3 aromatic rings. The SMILES string of the molecule is CCNC(c1cnc2ccccc2n1)c1ccncc1F. The maximum Gasteiger partial charge on any atom is 0.146 e. The molecule has 21 heavy (non-hydrogen) atoms. The van der Waals surface area contributed by atoms with Crippen LogP contribution in [0.5, 0.6) is 0 Å². The number of hydrogen-bond donors (Lipinski definition) is 1.